The predicted molar refractivity (Wildman–Crippen MR) is 78.9 cm³/mol. The minimum Gasteiger partial charge on any atom is -0.396 e. The molecule has 5 heteroatoms. The molecule has 1 saturated heterocycles. The number of likely N-dealkylation sites (tertiary alicyclic amines) is 1. The molecule has 0 radical (unpaired) electrons. The summed E-state index contributed by atoms with van der Waals surface area (Å²) in [6.45, 7) is 3.24. The Labute approximate surface area is 123 Å². The van der Waals surface area contributed by atoms with Gasteiger partial charge in [-0.2, -0.15) is 0 Å². The van der Waals surface area contributed by atoms with Gasteiger partial charge in [0.2, 0.25) is 5.91 Å². The van der Waals surface area contributed by atoms with Crippen LogP contribution in [0, 0.1) is 12.8 Å². The standard InChI is InChI=1S/C16H19N3O2/c1-12-17-6-7-19(12)15-5-3-2-4-14(15)10-18-9-13(11-20)8-16(18)21/h2-7,13,20H,8-11H2,1H3. The van der Waals surface area contributed by atoms with Crippen molar-refractivity contribution in [3.05, 3.63) is 48.0 Å². The first-order valence-corrected chi connectivity index (χ1v) is 7.16. The van der Waals surface area contributed by atoms with E-state index in [2.05, 4.69) is 4.98 Å². The average molecular weight is 285 g/mol. The highest BCUT2D eigenvalue weighted by Gasteiger charge is 2.29. The van der Waals surface area contributed by atoms with Gasteiger partial charge in [-0.25, -0.2) is 4.98 Å². The third kappa shape index (κ3) is 2.69. The maximum atomic E-state index is 12.0. The van der Waals surface area contributed by atoms with Crippen LogP contribution in [0.5, 0.6) is 0 Å². The number of carbonyl (C=O) groups is 1. The summed E-state index contributed by atoms with van der Waals surface area (Å²) in [4.78, 5) is 18.1. The van der Waals surface area contributed by atoms with Crippen LogP contribution in [0.3, 0.4) is 0 Å². The molecule has 5 nitrogen and oxygen atoms in total. The maximum absolute atomic E-state index is 12.0. The van der Waals surface area contributed by atoms with Gasteiger partial charge in [0.1, 0.15) is 5.82 Å². The van der Waals surface area contributed by atoms with Gasteiger partial charge in [0.15, 0.2) is 0 Å². The van der Waals surface area contributed by atoms with Gasteiger partial charge >= 0.3 is 0 Å². The zero-order chi connectivity index (χ0) is 14.8. The van der Waals surface area contributed by atoms with Crippen LogP contribution in [0.15, 0.2) is 36.7 Å². The number of hydrogen-bond donors (Lipinski definition) is 1. The molecular formula is C16H19N3O2. The van der Waals surface area contributed by atoms with E-state index in [1.54, 1.807) is 6.20 Å². The normalized spacial score (nSPS) is 18.5. The zero-order valence-electron chi connectivity index (χ0n) is 12.1. The Bertz CT molecular complexity index is 650. The highest BCUT2D eigenvalue weighted by molar-refractivity contribution is 5.78. The fourth-order valence-electron chi connectivity index (χ4n) is 2.85. The van der Waals surface area contributed by atoms with Crippen LogP contribution in [0.2, 0.25) is 0 Å². The van der Waals surface area contributed by atoms with Crippen LogP contribution in [0.4, 0.5) is 0 Å². The van der Waals surface area contributed by atoms with Crippen molar-refractivity contribution in [2.24, 2.45) is 5.92 Å². The first-order chi connectivity index (χ1) is 10.2. The van der Waals surface area contributed by atoms with E-state index in [4.69, 9.17) is 0 Å². The lowest BCUT2D eigenvalue weighted by atomic mass is 10.1. The Morgan fingerprint density at radius 3 is 2.86 bits per heavy atom. The molecular weight excluding hydrogens is 266 g/mol. The summed E-state index contributed by atoms with van der Waals surface area (Å²) in [6, 6.07) is 8.04. The maximum Gasteiger partial charge on any atom is 0.223 e. The molecule has 1 N–H and O–H groups in total. The Hall–Kier alpha value is -2.14. The van der Waals surface area contributed by atoms with Crippen LogP contribution >= 0.6 is 0 Å². The Morgan fingerprint density at radius 2 is 2.19 bits per heavy atom. The van der Waals surface area contributed by atoms with E-state index < -0.39 is 0 Å². The smallest absolute Gasteiger partial charge is 0.223 e. The molecule has 1 aliphatic rings. The molecule has 2 heterocycles. The summed E-state index contributed by atoms with van der Waals surface area (Å²) in [6.07, 6.45) is 4.15. The number of aliphatic hydroxyl groups excluding tert-OH is 1. The Balaban J connectivity index is 1.87. The molecule has 1 unspecified atom stereocenters. The van der Waals surface area contributed by atoms with Crippen molar-refractivity contribution in [1.29, 1.82) is 0 Å². The number of aromatic nitrogens is 2. The van der Waals surface area contributed by atoms with Gasteiger partial charge in [-0.1, -0.05) is 18.2 Å². The van der Waals surface area contributed by atoms with E-state index in [1.165, 1.54) is 0 Å². The quantitative estimate of drug-likeness (QED) is 0.926. The lowest BCUT2D eigenvalue weighted by molar-refractivity contribution is -0.128. The van der Waals surface area contributed by atoms with Gasteiger partial charge < -0.3 is 14.6 Å². The van der Waals surface area contributed by atoms with Crippen molar-refractivity contribution in [3.63, 3.8) is 0 Å². The van der Waals surface area contributed by atoms with Crippen molar-refractivity contribution >= 4 is 5.91 Å². The lowest BCUT2D eigenvalue weighted by Gasteiger charge is -2.19. The molecule has 3 rings (SSSR count). The van der Waals surface area contributed by atoms with E-state index in [1.807, 2.05) is 46.9 Å². The second kappa shape index (κ2) is 5.69. The molecule has 1 aliphatic heterocycles. The summed E-state index contributed by atoms with van der Waals surface area (Å²) >= 11 is 0. The molecule has 2 aromatic rings. The number of rotatable bonds is 4. The van der Waals surface area contributed by atoms with Crippen LogP contribution in [-0.4, -0.2) is 38.6 Å². The second-order valence-corrected chi connectivity index (χ2v) is 5.50. The minimum absolute atomic E-state index is 0.0691. The number of carbonyl (C=O) groups excluding carboxylic acids is 1. The van der Waals surface area contributed by atoms with Crippen molar-refractivity contribution in [2.45, 2.75) is 19.9 Å². The molecule has 0 aliphatic carbocycles. The van der Waals surface area contributed by atoms with Gasteiger partial charge in [0, 0.05) is 44.4 Å². The molecule has 110 valence electrons. The molecule has 0 saturated carbocycles. The SMILES string of the molecule is Cc1nccn1-c1ccccc1CN1CC(CO)CC1=O. The van der Waals surface area contributed by atoms with E-state index in [0.29, 0.717) is 19.5 Å². The summed E-state index contributed by atoms with van der Waals surface area (Å²) in [7, 11) is 0. The van der Waals surface area contributed by atoms with Gasteiger partial charge in [-0.05, 0) is 18.6 Å². The van der Waals surface area contributed by atoms with E-state index in [0.717, 1.165) is 17.1 Å². The number of aryl methyl sites for hydroxylation is 1. The second-order valence-electron chi connectivity index (χ2n) is 5.50. The van der Waals surface area contributed by atoms with E-state index in [9.17, 15) is 9.90 Å². The Kier molecular flexibility index (Phi) is 3.75. The largest absolute Gasteiger partial charge is 0.396 e. The fraction of sp³-hybridized carbons (Fsp3) is 0.375. The molecule has 1 aromatic heterocycles. The van der Waals surface area contributed by atoms with Gasteiger partial charge in [-0.3, -0.25) is 4.79 Å². The monoisotopic (exact) mass is 285 g/mol. The van der Waals surface area contributed by atoms with Gasteiger partial charge in [0.05, 0.1) is 5.69 Å². The van der Waals surface area contributed by atoms with Gasteiger partial charge in [-0.15, -0.1) is 0 Å². The van der Waals surface area contributed by atoms with Gasteiger partial charge in [0.25, 0.3) is 0 Å². The number of nitrogens with zero attached hydrogens (tertiary/aromatic N) is 3. The number of aliphatic hydroxyl groups is 1. The molecule has 1 aromatic carbocycles. The van der Waals surface area contributed by atoms with Crippen molar-refractivity contribution < 1.29 is 9.90 Å². The molecule has 0 spiro atoms. The predicted octanol–water partition coefficient (Wildman–Crippen LogP) is 1.52. The van der Waals surface area contributed by atoms with Crippen molar-refractivity contribution in [2.75, 3.05) is 13.2 Å². The van der Waals surface area contributed by atoms with Crippen molar-refractivity contribution in [1.82, 2.24) is 14.5 Å². The first kappa shape index (κ1) is 13.8. The van der Waals surface area contributed by atoms with Crippen molar-refractivity contribution in [3.8, 4) is 5.69 Å². The van der Waals surface area contributed by atoms with Crippen LogP contribution in [-0.2, 0) is 11.3 Å². The molecule has 1 amide bonds. The number of benzene rings is 1. The molecule has 1 atom stereocenters. The van der Waals surface area contributed by atoms with Crippen LogP contribution in [0.25, 0.3) is 5.69 Å². The summed E-state index contributed by atoms with van der Waals surface area (Å²) in [5, 5.41) is 9.22. The fourth-order valence-corrected chi connectivity index (χ4v) is 2.85. The zero-order valence-corrected chi connectivity index (χ0v) is 12.1. The number of para-hydroxylation sites is 1. The number of imidazole rings is 1. The molecule has 21 heavy (non-hydrogen) atoms. The van der Waals surface area contributed by atoms with E-state index in [-0.39, 0.29) is 18.4 Å². The van der Waals surface area contributed by atoms with Crippen LogP contribution in [0.1, 0.15) is 17.8 Å². The lowest BCUT2D eigenvalue weighted by Crippen LogP contribution is -2.25. The third-order valence-corrected chi connectivity index (χ3v) is 3.99. The topological polar surface area (TPSA) is 58.4 Å². The molecule has 1 fully saturated rings. The third-order valence-electron chi connectivity index (χ3n) is 3.99. The number of hydrogen-bond acceptors (Lipinski definition) is 3. The average Bonchev–Trinajstić information content (AvgIpc) is 3.06. The van der Waals surface area contributed by atoms with Crippen LogP contribution < -0.4 is 0 Å². The minimum atomic E-state index is 0.0691. The number of amides is 1. The molecule has 0 bridgehead atoms. The Morgan fingerprint density at radius 1 is 1.38 bits per heavy atom. The highest BCUT2D eigenvalue weighted by atomic mass is 16.3. The summed E-state index contributed by atoms with van der Waals surface area (Å²) in [5.41, 5.74) is 2.14. The highest BCUT2D eigenvalue weighted by Crippen LogP contribution is 2.23. The summed E-state index contributed by atoms with van der Waals surface area (Å²) in [5.74, 6) is 1.11. The first-order valence-electron chi connectivity index (χ1n) is 7.16. The summed E-state index contributed by atoms with van der Waals surface area (Å²) < 4.78 is 2.03. The van der Waals surface area contributed by atoms with E-state index >= 15 is 0 Å².